The van der Waals surface area contributed by atoms with Crippen LogP contribution in [0.5, 0.6) is 0 Å². The number of hydrogen-bond acceptors (Lipinski definition) is 4. The summed E-state index contributed by atoms with van der Waals surface area (Å²) >= 11 is 5.74. The van der Waals surface area contributed by atoms with Crippen LogP contribution < -0.4 is 4.90 Å². The fourth-order valence-electron chi connectivity index (χ4n) is 2.98. The molecule has 6 nitrogen and oxygen atoms in total. The van der Waals surface area contributed by atoms with Gasteiger partial charge in [0, 0.05) is 45.6 Å². The van der Waals surface area contributed by atoms with Gasteiger partial charge in [0.2, 0.25) is 0 Å². The van der Waals surface area contributed by atoms with E-state index in [9.17, 15) is 9.18 Å². The van der Waals surface area contributed by atoms with Crippen molar-refractivity contribution in [3.63, 3.8) is 0 Å². The van der Waals surface area contributed by atoms with Gasteiger partial charge in [-0.25, -0.2) is 9.37 Å². The van der Waals surface area contributed by atoms with Gasteiger partial charge in [-0.15, -0.1) is 0 Å². The molecule has 1 aliphatic heterocycles. The molecule has 0 spiro atoms. The molecule has 0 radical (unpaired) electrons. The molecule has 0 bridgehead atoms. The fraction of sp³-hybridized carbons (Fsp3) is 0.438. The van der Waals surface area contributed by atoms with Crippen LogP contribution in [0.1, 0.15) is 23.3 Å². The van der Waals surface area contributed by atoms with Crippen LogP contribution in [0.4, 0.5) is 10.2 Å². The van der Waals surface area contributed by atoms with Crippen molar-refractivity contribution < 1.29 is 9.18 Å². The van der Waals surface area contributed by atoms with Crippen molar-refractivity contribution in [2.75, 3.05) is 25.0 Å². The number of anilines is 1. The quantitative estimate of drug-likeness (QED) is 0.851. The van der Waals surface area contributed by atoms with Gasteiger partial charge in [-0.05, 0) is 25.0 Å². The Balaban J connectivity index is 1.63. The molecule has 0 aliphatic carbocycles. The maximum Gasteiger partial charge on any atom is 0.274 e. The molecular formula is C16H19ClFN5O. The third-order valence-electron chi connectivity index (χ3n) is 4.35. The van der Waals surface area contributed by atoms with Gasteiger partial charge in [-0.3, -0.25) is 9.48 Å². The first-order valence-corrected chi connectivity index (χ1v) is 8.16. The van der Waals surface area contributed by atoms with Crippen LogP contribution >= 0.6 is 11.6 Å². The summed E-state index contributed by atoms with van der Waals surface area (Å²) in [6, 6.07) is 3.08. The van der Waals surface area contributed by atoms with Gasteiger partial charge in [0.25, 0.3) is 5.91 Å². The predicted molar refractivity (Wildman–Crippen MR) is 89.7 cm³/mol. The van der Waals surface area contributed by atoms with E-state index >= 15 is 0 Å². The second-order valence-corrected chi connectivity index (χ2v) is 6.40. The second kappa shape index (κ2) is 6.76. The molecular weight excluding hydrogens is 333 g/mol. The van der Waals surface area contributed by atoms with Crippen molar-refractivity contribution >= 4 is 23.3 Å². The number of hydrogen-bond donors (Lipinski definition) is 0. The SMILES string of the molecule is CN(C(=O)c1ccn(C)n1)C1CCN(c2ncc(Cl)cc2F)CC1. The lowest BCUT2D eigenvalue weighted by Crippen LogP contribution is -2.46. The smallest absolute Gasteiger partial charge is 0.274 e. The first-order valence-electron chi connectivity index (χ1n) is 7.78. The lowest BCUT2D eigenvalue weighted by atomic mass is 10.0. The van der Waals surface area contributed by atoms with E-state index in [2.05, 4.69) is 10.1 Å². The molecule has 3 rings (SSSR count). The van der Waals surface area contributed by atoms with Gasteiger partial charge < -0.3 is 9.80 Å². The van der Waals surface area contributed by atoms with E-state index in [0.717, 1.165) is 12.8 Å². The zero-order chi connectivity index (χ0) is 17.3. The Kier molecular flexibility index (Phi) is 4.71. The van der Waals surface area contributed by atoms with Crippen LogP contribution in [0.3, 0.4) is 0 Å². The lowest BCUT2D eigenvalue weighted by Gasteiger charge is -2.37. The summed E-state index contributed by atoms with van der Waals surface area (Å²) in [4.78, 5) is 20.1. The molecule has 1 saturated heterocycles. The molecule has 128 valence electrons. The topological polar surface area (TPSA) is 54.3 Å². The first kappa shape index (κ1) is 16.7. The number of carbonyl (C=O) groups excluding carboxylic acids is 1. The highest BCUT2D eigenvalue weighted by atomic mass is 35.5. The number of halogens is 2. The number of nitrogens with zero attached hydrogens (tertiary/aromatic N) is 5. The summed E-state index contributed by atoms with van der Waals surface area (Å²) in [6.07, 6.45) is 4.69. The fourth-order valence-corrected chi connectivity index (χ4v) is 3.13. The zero-order valence-corrected chi connectivity index (χ0v) is 14.4. The normalized spacial score (nSPS) is 15.6. The highest BCUT2D eigenvalue weighted by molar-refractivity contribution is 6.30. The molecule has 2 aromatic rings. The molecule has 1 aliphatic rings. The predicted octanol–water partition coefficient (Wildman–Crippen LogP) is 2.35. The third kappa shape index (κ3) is 3.36. The standard InChI is InChI=1S/C16H19ClFN5O/c1-21-6-5-14(20-21)16(24)22(2)12-3-7-23(8-4-12)15-13(18)9-11(17)10-19-15/h5-6,9-10,12H,3-4,7-8H2,1-2H3. The summed E-state index contributed by atoms with van der Waals surface area (Å²) in [5.74, 6) is -0.194. The Hall–Kier alpha value is -2.15. The third-order valence-corrected chi connectivity index (χ3v) is 4.56. The molecule has 0 unspecified atom stereocenters. The number of piperidine rings is 1. The first-order chi connectivity index (χ1) is 11.5. The van der Waals surface area contributed by atoms with Crippen molar-refractivity contribution in [1.82, 2.24) is 19.7 Å². The summed E-state index contributed by atoms with van der Waals surface area (Å²) in [6.45, 7) is 1.27. The van der Waals surface area contributed by atoms with Crippen LogP contribution in [0.25, 0.3) is 0 Å². The van der Waals surface area contributed by atoms with E-state index in [4.69, 9.17) is 11.6 Å². The molecule has 0 aromatic carbocycles. The molecule has 1 amide bonds. The maximum absolute atomic E-state index is 14.0. The van der Waals surface area contributed by atoms with Crippen molar-refractivity contribution in [2.24, 2.45) is 7.05 Å². The van der Waals surface area contributed by atoms with E-state index in [0.29, 0.717) is 24.6 Å². The van der Waals surface area contributed by atoms with Gasteiger partial charge in [-0.2, -0.15) is 5.10 Å². The van der Waals surface area contributed by atoms with E-state index in [1.807, 2.05) is 4.90 Å². The van der Waals surface area contributed by atoms with Crippen molar-refractivity contribution in [3.8, 4) is 0 Å². The largest absolute Gasteiger partial charge is 0.354 e. The summed E-state index contributed by atoms with van der Waals surface area (Å²) in [5.41, 5.74) is 0.438. The van der Waals surface area contributed by atoms with E-state index < -0.39 is 5.82 Å². The molecule has 24 heavy (non-hydrogen) atoms. The van der Waals surface area contributed by atoms with Crippen molar-refractivity contribution in [3.05, 3.63) is 41.1 Å². The molecule has 3 heterocycles. The van der Waals surface area contributed by atoms with E-state index in [-0.39, 0.29) is 17.0 Å². The highest BCUT2D eigenvalue weighted by Crippen LogP contribution is 2.25. The number of aromatic nitrogens is 3. The minimum Gasteiger partial charge on any atom is -0.354 e. The van der Waals surface area contributed by atoms with Crippen LogP contribution in [-0.4, -0.2) is 51.8 Å². The average molecular weight is 352 g/mol. The van der Waals surface area contributed by atoms with Gasteiger partial charge in [-0.1, -0.05) is 11.6 Å². The van der Waals surface area contributed by atoms with Crippen molar-refractivity contribution in [1.29, 1.82) is 0 Å². The molecule has 0 N–H and O–H groups in total. The van der Waals surface area contributed by atoms with E-state index in [1.54, 1.807) is 35.9 Å². The van der Waals surface area contributed by atoms with Gasteiger partial charge in [0.05, 0.1) is 5.02 Å². The zero-order valence-electron chi connectivity index (χ0n) is 13.6. The lowest BCUT2D eigenvalue weighted by molar-refractivity contribution is 0.0702. The Bertz CT molecular complexity index is 742. The van der Waals surface area contributed by atoms with Crippen LogP contribution in [0.15, 0.2) is 24.5 Å². The number of rotatable bonds is 3. The molecule has 0 atom stereocenters. The summed E-state index contributed by atoms with van der Waals surface area (Å²) in [7, 11) is 3.57. The van der Waals surface area contributed by atoms with E-state index in [1.165, 1.54) is 12.3 Å². The van der Waals surface area contributed by atoms with Crippen molar-refractivity contribution in [2.45, 2.75) is 18.9 Å². The molecule has 1 fully saturated rings. The number of amides is 1. The Morgan fingerprint density at radius 2 is 2.12 bits per heavy atom. The Morgan fingerprint density at radius 3 is 2.71 bits per heavy atom. The molecule has 0 saturated carbocycles. The highest BCUT2D eigenvalue weighted by Gasteiger charge is 2.28. The average Bonchev–Trinajstić information content (AvgIpc) is 3.00. The Labute approximate surface area is 144 Å². The van der Waals surface area contributed by atoms with Crippen LogP contribution in [-0.2, 0) is 7.05 Å². The second-order valence-electron chi connectivity index (χ2n) is 5.97. The monoisotopic (exact) mass is 351 g/mol. The Morgan fingerprint density at radius 1 is 1.42 bits per heavy atom. The van der Waals surface area contributed by atoms with Crippen LogP contribution in [0.2, 0.25) is 5.02 Å². The summed E-state index contributed by atoms with van der Waals surface area (Å²) < 4.78 is 15.6. The maximum atomic E-state index is 14.0. The number of pyridine rings is 1. The van der Waals surface area contributed by atoms with Gasteiger partial charge >= 0.3 is 0 Å². The minimum atomic E-state index is -0.418. The number of carbonyl (C=O) groups is 1. The van der Waals surface area contributed by atoms with Gasteiger partial charge in [0.15, 0.2) is 11.6 Å². The molecule has 2 aromatic heterocycles. The van der Waals surface area contributed by atoms with Crippen LogP contribution in [0, 0.1) is 5.82 Å². The summed E-state index contributed by atoms with van der Waals surface area (Å²) in [5, 5.41) is 4.44. The van der Waals surface area contributed by atoms with Gasteiger partial charge in [0.1, 0.15) is 5.69 Å². The molecule has 8 heteroatoms. The minimum absolute atomic E-state index is 0.0927. The number of aryl methyl sites for hydroxylation is 1.